The van der Waals surface area contributed by atoms with E-state index in [4.69, 9.17) is 32.0 Å². The number of aromatic nitrogens is 3. The lowest BCUT2D eigenvalue weighted by molar-refractivity contribution is -0.170. The highest BCUT2D eigenvalue weighted by Crippen LogP contribution is 2.23. The molecule has 0 bridgehead atoms. The maximum absolute atomic E-state index is 10.3. The van der Waals surface area contributed by atoms with Crippen molar-refractivity contribution >= 4 is 35.1 Å². The second kappa shape index (κ2) is 13.6. The van der Waals surface area contributed by atoms with E-state index >= 15 is 0 Å². The summed E-state index contributed by atoms with van der Waals surface area (Å²) in [6.45, 7) is 4.29. The third-order valence-electron chi connectivity index (χ3n) is 5.37. The van der Waals surface area contributed by atoms with Gasteiger partial charge >= 0.3 is 17.9 Å². The van der Waals surface area contributed by atoms with E-state index in [2.05, 4.69) is 33.2 Å². The average Bonchev–Trinajstić information content (AvgIpc) is 3.31. The van der Waals surface area contributed by atoms with Gasteiger partial charge in [-0.25, -0.2) is 9.78 Å². The molecule has 2 heterocycles. The fourth-order valence-corrected chi connectivity index (χ4v) is 3.64. The van der Waals surface area contributed by atoms with E-state index in [1.807, 2.05) is 16.8 Å². The standard InChI is InChI=1S/C17H21ClN4.C6H8O7/c18-17-5-3-15(4-6-17)16-7-11-21(12-8-16)9-1-2-10-22-14-19-13-20-22;7-3(8)1-6(13,5(11)12)2-4(9)10/h3-7,13-14H,1-2,8-12H2;13H,1-2H2,(H,7,8)(H,9,10)(H,11,12). The van der Waals surface area contributed by atoms with Crippen LogP contribution in [0.25, 0.3) is 5.57 Å². The number of carbonyl (C=O) groups is 3. The molecule has 35 heavy (non-hydrogen) atoms. The van der Waals surface area contributed by atoms with E-state index in [0.29, 0.717) is 0 Å². The Morgan fingerprint density at radius 2 is 1.63 bits per heavy atom. The van der Waals surface area contributed by atoms with Crippen molar-refractivity contribution in [2.75, 3.05) is 19.6 Å². The Morgan fingerprint density at radius 3 is 2.11 bits per heavy atom. The summed E-state index contributed by atoms with van der Waals surface area (Å²) < 4.78 is 1.90. The molecule has 0 amide bonds. The van der Waals surface area contributed by atoms with Crippen molar-refractivity contribution in [1.82, 2.24) is 19.7 Å². The lowest BCUT2D eigenvalue weighted by atomic mass is 9.96. The van der Waals surface area contributed by atoms with Crippen LogP contribution in [0.1, 0.15) is 37.7 Å². The minimum atomic E-state index is -2.74. The molecule has 0 saturated heterocycles. The number of hydrogen-bond donors (Lipinski definition) is 4. The molecule has 11 nitrogen and oxygen atoms in total. The maximum Gasteiger partial charge on any atom is 0.336 e. The van der Waals surface area contributed by atoms with Crippen molar-refractivity contribution < 1.29 is 34.8 Å². The number of nitrogens with zero attached hydrogens (tertiary/aromatic N) is 4. The Hall–Kier alpha value is -3.28. The predicted molar refractivity (Wildman–Crippen MR) is 127 cm³/mol. The number of aryl methyl sites for hydroxylation is 1. The molecule has 0 atom stereocenters. The first-order valence-electron chi connectivity index (χ1n) is 11.0. The third kappa shape index (κ3) is 9.85. The average molecular weight is 509 g/mol. The summed E-state index contributed by atoms with van der Waals surface area (Å²) in [6.07, 6.45) is 6.89. The summed E-state index contributed by atoms with van der Waals surface area (Å²) in [4.78, 5) is 37.0. The molecule has 0 radical (unpaired) electrons. The minimum absolute atomic E-state index is 0.800. The smallest absolute Gasteiger partial charge is 0.336 e. The molecule has 0 spiro atoms. The molecule has 1 aliphatic rings. The van der Waals surface area contributed by atoms with Crippen molar-refractivity contribution in [3.8, 4) is 0 Å². The number of halogens is 1. The van der Waals surface area contributed by atoms with Crippen molar-refractivity contribution in [2.45, 2.75) is 44.2 Å². The third-order valence-corrected chi connectivity index (χ3v) is 5.62. The lowest BCUT2D eigenvalue weighted by Crippen LogP contribution is -2.42. The molecule has 2 aromatic rings. The second-order valence-electron chi connectivity index (χ2n) is 8.13. The van der Waals surface area contributed by atoms with Crippen LogP contribution in [-0.4, -0.2) is 83.2 Å². The molecule has 0 fully saturated rings. The molecule has 190 valence electrons. The minimum Gasteiger partial charge on any atom is -0.481 e. The number of aliphatic carboxylic acids is 3. The van der Waals surface area contributed by atoms with Gasteiger partial charge in [0.05, 0.1) is 12.8 Å². The molecule has 12 heteroatoms. The van der Waals surface area contributed by atoms with Gasteiger partial charge in [0.25, 0.3) is 0 Å². The largest absolute Gasteiger partial charge is 0.481 e. The van der Waals surface area contributed by atoms with E-state index in [0.717, 1.165) is 44.0 Å². The van der Waals surface area contributed by atoms with Crippen LogP contribution >= 0.6 is 11.6 Å². The van der Waals surface area contributed by atoms with Crippen LogP contribution in [0.2, 0.25) is 5.02 Å². The lowest BCUT2D eigenvalue weighted by Gasteiger charge is -2.26. The molecule has 1 aromatic heterocycles. The van der Waals surface area contributed by atoms with Crippen LogP contribution in [0.15, 0.2) is 43.0 Å². The first kappa shape index (κ1) is 28.0. The highest BCUT2D eigenvalue weighted by atomic mass is 35.5. The molecule has 0 saturated carbocycles. The first-order valence-corrected chi connectivity index (χ1v) is 11.4. The van der Waals surface area contributed by atoms with E-state index in [1.165, 1.54) is 17.6 Å². The Bertz CT molecular complexity index is 993. The summed E-state index contributed by atoms with van der Waals surface area (Å²) in [5.74, 6) is -5.02. The normalized spacial score (nSPS) is 13.9. The van der Waals surface area contributed by atoms with Gasteiger partial charge < -0.3 is 20.4 Å². The fourth-order valence-electron chi connectivity index (χ4n) is 3.51. The van der Waals surface area contributed by atoms with Crippen molar-refractivity contribution in [2.24, 2.45) is 0 Å². The quantitative estimate of drug-likeness (QED) is 0.330. The van der Waals surface area contributed by atoms with Gasteiger partial charge in [-0.15, -0.1) is 0 Å². The zero-order chi connectivity index (χ0) is 25.8. The van der Waals surface area contributed by atoms with Gasteiger partial charge in [0.15, 0.2) is 5.60 Å². The van der Waals surface area contributed by atoms with Gasteiger partial charge in [-0.1, -0.05) is 29.8 Å². The summed E-state index contributed by atoms with van der Waals surface area (Å²) in [5, 5.41) is 38.7. The monoisotopic (exact) mass is 508 g/mol. The van der Waals surface area contributed by atoms with E-state index in [1.54, 1.807) is 12.7 Å². The molecule has 4 N–H and O–H groups in total. The number of aliphatic hydroxyl groups is 1. The Balaban J connectivity index is 0.000000287. The van der Waals surface area contributed by atoms with Crippen LogP contribution in [0.3, 0.4) is 0 Å². The maximum atomic E-state index is 10.3. The molecule has 0 unspecified atom stereocenters. The van der Waals surface area contributed by atoms with Gasteiger partial charge in [0, 0.05) is 24.7 Å². The van der Waals surface area contributed by atoms with Crippen molar-refractivity contribution in [3.63, 3.8) is 0 Å². The highest BCUT2D eigenvalue weighted by molar-refractivity contribution is 6.30. The van der Waals surface area contributed by atoms with Crippen molar-refractivity contribution in [3.05, 3.63) is 53.6 Å². The Morgan fingerprint density at radius 1 is 1.00 bits per heavy atom. The topological polar surface area (TPSA) is 166 Å². The number of rotatable bonds is 11. The van der Waals surface area contributed by atoms with Crippen LogP contribution in [0.5, 0.6) is 0 Å². The number of unbranched alkanes of at least 4 members (excludes halogenated alkanes) is 1. The summed E-state index contributed by atoms with van der Waals surface area (Å²) in [7, 11) is 0. The predicted octanol–water partition coefficient (Wildman–Crippen LogP) is 2.25. The molecule has 1 aromatic carbocycles. The van der Waals surface area contributed by atoms with Crippen LogP contribution in [0.4, 0.5) is 0 Å². The van der Waals surface area contributed by atoms with Gasteiger partial charge in [-0.05, 0) is 49.1 Å². The van der Waals surface area contributed by atoms with Gasteiger partial charge in [-0.2, -0.15) is 5.10 Å². The van der Waals surface area contributed by atoms with Crippen molar-refractivity contribution in [1.29, 1.82) is 0 Å². The number of carboxylic acids is 3. The van der Waals surface area contributed by atoms with Gasteiger partial charge in [0.2, 0.25) is 0 Å². The summed E-state index contributed by atoms with van der Waals surface area (Å²) >= 11 is 5.94. The van der Waals surface area contributed by atoms with Crippen LogP contribution < -0.4 is 0 Å². The first-order chi connectivity index (χ1) is 16.6. The molecule has 0 aliphatic carbocycles. The Kier molecular flexibility index (Phi) is 10.8. The SMILES string of the molecule is Clc1ccc(C2=CCN(CCCCn3cncn3)CC2)cc1.O=C(O)CC(O)(CC(=O)O)C(=O)O. The Labute approximate surface area is 207 Å². The highest BCUT2D eigenvalue weighted by Gasteiger charge is 2.40. The number of hydrogen-bond acceptors (Lipinski definition) is 7. The van der Waals surface area contributed by atoms with E-state index in [-0.39, 0.29) is 0 Å². The molecular weight excluding hydrogens is 480 g/mol. The van der Waals surface area contributed by atoms with Crippen LogP contribution in [0, 0.1) is 0 Å². The van der Waals surface area contributed by atoms with Gasteiger partial charge in [0.1, 0.15) is 12.7 Å². The molecular formula is C23H29ClN4O7. The summed E-state index contributed by atoms with van der Waals surface area (Å²) in [6, 6.07) is 8.16. The number of benzene rings is 1. The second-order valence-corrected chi connectivity index (χ2v) is 8.57. The molecule has 3 rings (SSSR count). The fraction of sp³-hybridized carbons (Fsp3) is 0.435. The van der Waals surface area contributed by atoms with Crippen LogP contribution in [-0.2, 0) is 20.9 Å². The summed E-state index contributed by atoms with van der Waals surface area (Å²) in [5.41, 5.74) is 0.00302. The zero-order valence-electron chi connectivity index (χ0n) is 19.1. The number of carboxylic acid groups (broad SMARTS) is 3. The van der Waals surface area contributed by atoms with Gasteiger partial charge in [-0.3, -0.25) is 19.2 Å². The van der Waals surface area contributed by atoms with E-state index in [9.17, 15) is 14.4 Å². The zero-order valence-corrected chi connectivity index (χ0v) is 19.8. The molecule has 1 aliphatic heterocycles. The van der Waals surface area contributed by atoms with E-state index < -0.39 is 36.4 Å².